The molecule has 0 aromatic carbocycles. The lowest BCUT2D eigenvalue weighted by molar-refractivity contribution is -0.283. The number of aliphatic hydroxyl groups is 1. The van der Waals surface area contributed by atoms with E-state index in [-0.39, 0.29) is 24.7 Å². The molecule has 1 heterocycles. The first-order chi connectivity index (χ1) is 29.3. The van der Waals surface area contributed by atoms with Crippen LogP contribution in [-0.4, -0.2) is 91.7 Å². The molecular weight excluding hydrogens is 759 g/mol. The molecule has 0 spiro atoms. The van der Waals surface area contributed by atoms with E-state index < -0.39 is 18.5 Å². The van der Waals surface area contributed by atoms with E-state index in [0.717, 1.165) is 103 Å². The summed E-state index contributed by atoms with van der Waals surface area (Å²) in [5.41, 5.74) is 0. The summed E-state index contributed by atoms with van der Waals surface area (Å²) in [6, 6.07) is -0.767. The van der Waals surface area contributed by atoms with Gasteiger partial charge in [0.25, 0.3) is 6.48 Å². The van der Waals surface area contributed by atoms with Gasteiger partial charge in [0.1, 0.15) is 12.1 Å². The normalized spacial score (nSPS) is 13.8. The molecule has 0 radical (unpaired) electrons. The van der Waals surface area contributed by atoms with Crippen LogP contribution in [0.1, 0.15) is 240 Å². The maximum atomic E-state index is 12.8. The van der Waals surface area contributed by atoms with Crippen LogP contribution >= 0.6 is 0 Å². The van der Waals surface area contributed by atoms with E-state index in [1.165, 1.54) is 114 Å². The standard InChI is InChI=1S/C48H93N5O7/c1-5-9-13-17-19-27-34-43(33-25-15-11-7-3)59-46(54)37-29-21-22-30-38-52(45(47(55)56)41-53-50-42-49-51-53)39-31-23-24-32-40-58-48(57)60-44(35-26-16-12-8-4)36-28-20-18-14-10-6-2/h42-45,48,57H,5-41H2,1-4H3,(H,55,56). The molecule has 0 amide bonds. The number of carbonyl (C=O) groups excluding carboxylic acids is 1. The van der Waals surface area contributed by atoms with Crippen molar-refractivity contribution in [2.45, 2.75) is 271 Å². The van der Waals surface area contributed by atoms with Gasteiger partial charge in [0.05, 0.1) is 19.3 Å². The molecule has 4 atom stereocenters. The lowest BCUT2D eigenvalue weighted by atomic mass is 10.0. The van der Waals surface area contributed by atoms with Crippen LogP contribution in [0.25, 0.3) is 0 Å². The topological polar surface area (TPSA) is 149 Å². The first kappa shape index (κ1) is 55.9. The molecule has 60 heavy (non-hydrogen) atoms. The third-order valence-corrected chi connectivity index (χ3v) is 11.8. The Hall–Kier alpha value is -2.15. The minimum absolute atomic E-state index is 0.0302. The first-order valence-corrected chi connectivity index (χ1v) is 25.2. The molecule has 0 aliphatic heterocycles. The zero-order valence-electron chi connectivity index (χ0n) is 39.2. The molecule has 12 heteroatoms. The van der Waals surface area contributed by atoms with Gasteiger partial charge in [-0.2, -0.15) is 4.80 Å². The summed E-state index contributed by atoms with van der Waals surface area (Å²) >= 11 is 0. The van der Waals surface area contributed by atoms with Crippen LogP contribution in [-0.2, 0) is 30.3 Å². The molecule has 0 fully saturated rings. The molecule has 1 rings (SSSR count). The van der Waals surface area contributed by atoms with Gasteiger partial charge >= 0.3 is 11.9 Å². The summed E-state index contributed by atoms with van der Waals surface area (Å²) < 4.78 is 17.7. The molecule has 0 aliphatic carbocycles. The van der Waals surface area contributed by atoms with Crippen molar-refractivity contribution < 1.29 is 34.0 Å². The van der Waals surface area contributed by atoms with Crippen molar-refractivity contribution in [3.63, 3.8) is 0 Å². The van der Waals surface area contributed by atoms with Gasteiger partial charge in [-0.3, -0.25) is 14.5 Å². The highest BCUT2D eigenvalue weighted by atomic mass is 16.8. The Balaban J connectivity index is 2.51. The van der Waals surface area contributed by atoms with Crippen LogP contribution in [0, 0.1) is 0 Å². The number of hydrogen-bond donors (Lipinski definition) is 2. The summed E-state index contributed by atoms with van der Waals surface area (Å²) in [5.74, 6) is -0.977. The Morgan fingerprint density at radius 1 is 0.600 bits per heavy atom. The summed E-state index contributed by atoms with van der Waals surface area (Å²) in [6.07, 6.45) is 37.0. The van der Waals surface area contributed by atoms with Crippen molar-refractivity contribution in [2.24, 2.45) is 0 Å². The highest BCUT2D eigenvalue weighted by Gasteiger charge is 2.26. The molecule has 4 unspecified atom stereocenters. The highest BCUT2D eigenvalue weighted by molar-refractivity contribution is 5.73. The second-order valence-corrected chi connectivity index (χ2v) is 17.3. The molecule has 2 N–H and O–H groups in total. The van der Waals surface area contributed by atoms with E-state index in [9.17, 15) is 19.8 Å². The third kappa shape index (κ3) is 32.5. The molecule has 0 saturated carbocycles. The Labute approximate surface area is 367 Å². The van der Waals surface area contributed by atoms with Gasteiger partial charge < -0.3 is 24.4 Å². The number of nitrogens with zero attached hydrogens (tertiary/aromatic N) is 5. The van der Waals surface area contributed by atoms with E-state index in [1.807, 2.05) is 4.90 Å². The first-order valence-electron chi connectivity index (χ1n) is 25.2. The van der Waals surface area contributed by atoms with E-state index in [2.05, 4.69) is 43.1 Å². The quantitative estimate of drug-likeness (QED) is 0.0367. The van der Waals surface area contributed by atoms with E-state index in [0.29, 0.717) is 26.1 Å². The second kappa shape index (κ2) is 40.9. The number of carbonyl (C=O) groups is 2. The molecule has 12 nitrogen and oxygen atoms in total. The van der Waals surface area contributed by atoms with E-state index >= 15 is 0 Å². The van der Waals surface area contributed by atoms with E-state index in [4.69, 9.17) is 14.2 Å². The predicted molar refractivity (Wildman–Crippen MR) is 243 cm³/mol. The number of aromatic nitrogens is 4. The Kier molecular flexibility index (Phi) is 38.1. The minimum Gasteiger partial charge on any atom is -0.480 e. The maximum Gasteiger partial charge on any atom is 0.322 e. The van der Waals surface area contributed by atoms with Crippen molar-refractivity contribution in [1.29, 1.82) is 0 Å². The van der Waals surface area contributed by atoms with Crippen LogP contribution in [0.2, 0.25) is 0 Å². The lowest BCUT2D eigenvalue weighted by Gasteiger charge is -2.28. The fraction of sp³-hybridized carbons (Fsp3) is 0.938. The molecule has 0 saturated heterocycles. The molecular formula is C48H93N5O7. The van der Waals surface area contributed by atoms with Crippen LogP contribution in [0.15, 0.2) is 6.33 Å². The third-order valence-electron chi connectivity index (χ3n) is 11.8. The fourth-order valence-corrected chi connectivity index (χ4v) is 7.99. The minimum atomic E-state index is -1.20. The zero-order valence-corrected chi connectivity index (χ0v) is 39.2. The Morgan fingerprint density at radius 2 is 1.05 bits per heavy atom. The van der Waals surface area contributed by atoms with Gasteiger partial charge in [0.15, 0.2) is 6.33 Å². The average Bonchev–Trinajstić information content (AvgIpc) is 3.76. The number of tetrazole rings is 1. The number of rotatable bonds is 46. The number of carboxylic acids is 1. The number of hydrogen-bond acceptors (Lipinski definition) is 10. The van der Waals surface area contributed by atoms with Gasteiger partial charge in [-0.25, -0.2) is 0 Å². The zero-order chi connectivity index (χ0) is 43.7. The number of carboxylic acid groups (broad SMARTS) is 1. The van der Waals surface area contributed by atoms with Crippen molar-refractivity contribution in [3.05, 3.63) is 6.33 Å². The molecule has 352 valence electrons. The SMILES string of the molecule is CCCCCCCCC(CCCCCC)OC(=O)CCCCCCN(CCCCCCOC(O)OC(CCCCCC)CCCCCCCC)C(Cn1ncnn1)C(=O)O. The summed E-state index contributed by atoms with van der Waals surface area (Å²) in [7, 11) is 0. The summed E-state index contributed by atoms with van der Waals surface area (Å²) in [6.45, 7) is 9.55. The summed E-state index contributed by atoms with van der Waals surface area (Å²) in [4.78, 5) is 28.7. The Bertz CT molecular complexity index is 1080. The largest absolute Gasteiger partial charge is 0.480 e. The van der Waals surface area contributed by atoms with Gasteiger partial charge in [-0.15, -0.1) is 10.2 Å². The van der Waals surface area contributed by atoms with Gasteiger partial charge in [0.2, 0.25) is 0 Å². The number of aliphatic hydroxyl groups excluding tert-OH is 1. The molecule has 0 aliphatic rings. The number of unbranched alkanes of at least 4 members (excludes halogenated alkanes) is 22. The average molecular weight is 852 g/mol. The van der Waals surface area contributed by atoms with Crippen molar-refractivity contribution in [3.8, 4) is 0 Å². The van der Waals surface area contributed by atoms with Crippen LogP contribution in [0.5, 0.6) is 0 Å². The van der Waals surface area contributed by atoms with Crippen molar-refractivity contribution >= 4 is 11.9 Å². The predicted octanol–water partition coefficient (Wildman–Crippen LogP) is 12.0. The second-order valence-electron chi connectivity index (χ2n) is 17.3. The van der Waals surface area contributed by atoms with Gasteiger partial charge in [0, 0.05) is 6.42 Å². The number of aliphatic carboxylic acids is 1. The van der Waals surface area contributed by atoms with Crippen LogP contribution in [0.3, 0.4) is 0 Å². The maximum absolute atomic E-state index is 12.8. The highest BCUT2D eigenvalue weighted by Crippen LogP contribution is 2.20. The van der Waals surface area contributed by atoms with Crippen molar-refractivity contribution in [1.82, 2.24) is 25.1 Å². The van der Waals surface area contributed by atoms with Crippen LogP contribution < -0.4 is 0 Å². The molecule has 0 bridgehead atoms. The smallest absolute Gasteiger partial charge is 0.322 e. The molecule has 1 aromatic heterocycles. The van der Waals surface area contributed by atoms with Crippen molar-refractivity contribution in [2.75, 3.05) is 19.7 Å². The van der Waals surface area contributed by atoms with Gasteiger partial charge in [-0.05, 0) is 82.5 Å². The van der Waals surface area contributed by atoms with Gasteiger partial charge in [-0.1, -0.05) is 169 Å². The summed E-state index contributed by atoms with van der Waals surface area (Å²) in [5, 5.41) is 32.5. The lowest BCUT2D eigenvalue weighted by Crippen LogP contribution is -2.45. The fourth-order valence-electron chi connectivity index (χ4n) is 7.99. The number of ether oxygens (including phenoxy) is 3. The Morgan fingerprint density at radius 3 is 1.55 bits per heavy atom. The molecule has 1 aromatic rings. The van der Waals surface area contributed by atoms with E-state index in [1.54, 1.807) is 0 Å². The monoisotopic (exact) mass is 852 g/mol. The van der Waals surface area contributed by atoms with Crippen LogP contribution in [0.4, 0.5) is 0 Å². The number of esters is 1.